The first-order valence-corrected chi connectivity index (χ1v) is 9.01. The van der Waals surface area contributed by atoms with E-state index in [1.165, 1.54) is 0 Å². The summed E-state index contributed by atoms with van der Waals surface area (Å²) in [5.41, 5.74) is 1.76. The lowest BCUT2D eigenvalue weighted by Crippen LogP contribution is -2.40. The summed E-state index contributed by atoms with van der Waals surface area (Å²) in [5.74, 6) is 0.000423. The van der Waals surface area contributed by atoms with Crippen LogP contribution in [-0.2, 0) is 20.4 Å². The molecule has 4 nitrogen and oxygen atoms in total. The minimum absolute atomic E-state index is 0.229. The van der Waals surface area contributed by atoms with Crippen molar-refractivity contribution in [3.05, 3.63) is 85.0 Å². The summed E-state index contributed by atoms with van der Waals surface area (Å²) in [4.78, 5) is 22.7. The van der Waals surface area contributed by atoms with Crippen molar-refractivity contribution in [2.75, 3.05) is 0 Å². The van der Waals surface area contributed by atoms with Crippen LogP contribution >= 0.6 is 0 Å². The summed E-state index contributed by atoms with van der Waals surface area (Å²) in [6, 6.07) is 15.0. The van der Waals surface area contributed by atoms with Crippen LogP contribution in [0.4, 0.5) is 0 Å². The Morgan fingerprint density at radius 2 is 0.964 bits per heavy atom. The van der Waals surface area contributed by atoms with Gasteiger partial charge in [-0.15, -0.1) is 0 Å². The molecule has 0 saturated carbocycles. The quantitative estimate of drug-likeness (QED) is 0.381. The van der Waals surface area contributed by atoms with Gasteiger partial charge in [0.05, 0.1) is 0 Å². The molecule has 0 aliphatic heterocycles. The van der Waals surface area contributed by atoms with Gasteiger partial charge in [0.15, 0.2) is 0 Å². The third-order valence-electron chi connectivity index (χ3n) is 5.48. The molecule has 0 radical (unpaired) electrons. The summed E-state index contributed by atoms with van der Waals surface area (Å²) in [5, 5.41) is 0. The Morgan fingerprint density at radius 1 is 0.679 bits per heavy atom. The molecule has 0 N–H and O–H groups in total. The van der Waals surface area contributed by atoms with Crippen LogP contribution in [-0.4, -0.2) is 11.9 Å². The van der Waals surface area contributed by atoms with Crippen molar-refractivity contribution in [2.24, 2.45) is 0 Å². The Kier molecular flexibility index (Phi) is 6.24. The molecule has 0 aliphatic carbocycles. The minimum Gasteiger partial charge on any atom is -0.423 e. The largest absolute Gasteiger partial charge is 0.423 e. The highest BCUT2D eigenvalue weighted by Crippen LogP contribution is 2.44. The molecular formula is C24H26O4. The highest BCUT2D eigenvalue weighted by Gasteiger charge is 2.39. The number of benzene rings is 2. The third-order valence-corrected chi connectivity index (χ3v) is 5.48. The molecular weight excluding hydrogens is 352 g/mol. The molecule has 0 unspecified atom stereocenters. The zero-order chi connectivity index (χ0) is 20.9. The van der Waals surface area contributed by atoms with Crippen LogP contribution in [0.25, 0.3) is 0 Å². The fourth-order valence-corrected chi connectivity index (χ4v) is 2.92. The average Bonchev–Trinajstić information content (AvgIpc) is 2.68. The lowest BCUT2D eigenvalue weighted by molar-refractivity contribution is -0.129. The van der Waals surface area contributed by atoms with Gasteiger partial charge in [-0.1, -0.05) is 65.1 Å². The van der Waals surface area contributed by atoms with Crippen molar-refractivity contribution in [3.8, 4) is 11.5 Å². The highest BCUT2D eigenvalue weighted by atomic mass is 16.5. The molecule has 0 heterocycles. The maximum absolute atomic E-state index is 11.3. The maximum Gasteiger partial charge on any atom is 0.335 e. The molecule has 2 aromatic carbocycles. The van der Waals surface area contributed by atoms with Crippen molar-refractivity contribution in [2.45, 2.75) is 38.5 Å². The molecule has 0 aliphatic rings. The van der Waals surface area contributed by atoms with Crippen LogP contribution < -0.4 is 9.47 Å². The van der Waals surface area contributed by atoms with Crippen molar-refractivity contribution in [1.82, 2.24) is 0 Å². The molecule has 0 aromatic heterocycles. The van der Waals surface area contributed by atoms with E-state index in [9.17, 15) is 9.59 Å². The molecule has 0 bridgehead atoms. The van der Waals surface area contributed by atoms with Crippen LogP contribution in [0.1, 0.15) is 38.8 Å². The fraction of sp³-hybridized carbons (Fsp3) is 0.250. The van der Waals surface area contributed by atoms with Crippen LogP contribution in [0, 0.1) is 0 Å². The topological polar surface area (TPSA) is 52.6 Å². The van der Waals surface area contributed by atoms with E-state index in [0.717, 1.165) is 23.3 Å². The van der Waals surface area contributed by atoms with Gasteiger partial charge in [0.2, 0.25) is 0 Å². The van der Waals surface area contributed by atoms with Crippen LogP contribution in [0.5, 0.6) is 11.5 Å². The zero-order valence-corrected chi connectivity index (χ0v) is 16.8. The SMILES string of the molecule is C=CC(=O)Oc1ccc(C(C)(C)C(C)(C)c2ccc(OC(=O)C=C)cc2)cc1. The maximum atomic E-state index is 11.3. The standard InChI is InChI=1S/C24H26O4/c1-7-21(25)27-19-13-9-17(10-14-19)23(3,4)24(5,6)18-11-15-20(16-12-18)28-22(26)8-2/h7-16H,1-2H2,3-6H3. The van der Waals surface area contributed by atoms with E-state index in [-0.39, 0.29) is 10.8 Å². The van der Waals surface area contributed by atoms with Gasteiger partial charge >= 0.3 is 11.9 Å². The first-order chi connectivity index (χ1) is 13.1. The van der Waals surface area contributed by atoms with Gasteiger partial charge in [-0.2, -0.15) is 0 Å². The number of hydrogen-bond donors (Lipinski definition) is 0. The van der Waals surface area contributed by atoms with Crippen LogP contribution in [0.15, 0.2) is 73.8 Å². The number of rotatable bonds is 7. The fourth-order valence-electron chi connectivity index (χ4n) is 2.92. The van der Waals surface area contributed by atoms with Gasteiger partial charge in [0.1, 0.15) is 11.5 Å². The van der Waals surface area contributed by atoms with E-state index in [2.05, 4.69) is 40.9 Å². The molecule has 2 aromatic rings. The van der Waals surface area contributed by atoms with E-state index < -0.39 is 11.9 Å². The number of hydrogen-bond acceptors (Lipinski definition) is 4. The van der Waals surface area contributed by atoms with Crippen molar-refractivity contribution < 1.29 is 19.1 Å². The molecule has 0 saturated heterocycles. The summed E-state index contributed by atoms with van der Waals surface area (Å²) >= 11 is 0. The summed E-state index contributed by atoms with van der Waals surface area (Å²) in [7, 11) is 0. The Labute approximate surface area is 166 Å². The van der Waals surface area contributed by atoms with Crippen LogP contribution in [0.2, 0.25) is 0 Å². The summed E-state index contributed by atoms with van der Waals surface area (Å²) in [6.07, 6.45) is 2.27. The Balaban J connectivity index is 2.27. The second-order valence-electron chi connectivity index (χ2n) is 7.55. The van der Waals surface area contributed by atoms with E-state index in [1.54, 1.807) is 24.3 Å². The van der Waals surface area contributed by atoms with Crippen LogP contribution in [0.3, 0.4) is 0 Å². The molecule has 0 fully saturated rings. The number of ether oxygens (including phenoxy) is 2. The van der Waals surface area contributed by atoms with Crippen molar-refractivity contribution in [3.63, 3.8) is 0 Å². The van der Waals surface area contributed by atoms with E-state index in [1.807, 2.05) is 24.3 Å². The smallest absolute Gasteiger partial charge is 0.335 e. The first-order valence-electron chi connectivity index (χ1n) is 9.01. The molecule has 0 amide bonds. The number of carbonyl (C=O) groups is 2. The zero-order valence-electron chi connectivity index (χ0n) is 16.8. The summed E-state index contributed by atoms with van der Waals surface area (Å²) in [6.45, 7) is 15.5. The normalized spacial score (nSPS) is 11.4. The molecule has 0 atom stereocenters. The predicted octanol–water partition coefficient (Wildman–Crippen LogP) is 5.12. The average molecular weight is 378 g/mol. The first kappa shape index (κ1) is 21.2. The number of esters is 2. The Morgan fingerprint density at radius 3 is 1.21 bits per heavy atom. The predicted molar refractivity (Wildman–Crippen MR) is 111 cm³/mol. The van der Waals surface area contributed by atoms with E-state index in [4.69, 9.17) is 9.47 Å². The molecule has 146 valence electrons. The van der Waals surface area contributed by atoms with Crippen molar-refractivity contribution >= 4 is 11.9 Å². The lowest BCUT2D eigenvalue weighted by Gasteiger charge is -2.43. The van der Waals surface area contributed by atoms with E-state index in [0.29, 0.717) is 11.5 Å². The van der Waals surface area contributed by atoms with Gasteiger partial charge in [0.25, 0.3) is 0 Å². The van der Waals surface area contributed by atoms with E-state index >= 15 is 0 Å². The van der Waals surface area contributed by atoms with Gasteiger partial charge in [-0.05, 0) is 46.2 Å². The number of carbonyl (C=O) groups excluding carboxylic acids is 2. The Hall–Kier alpha value is -3.14. The van der Waals surface area contributed by atoms with Gasteiger partial charge in [0, 0.05) is 12.2 Å². The van der Waals surface area contributed by atoms with Gasteiger partial charge in [-0.25, -0.2) is 9.59 Å². The second-order valence-corrected chi connectivity index (χ2v) is 7.55. The molecule has 2 rings (SSSR count). The van der Waals surface area contributed by atoms with Crippen molar-refractivity contribution in [1.29, 1.82) is 0 Å². The molecule has 4 heteroatoms. The highest BCUT2D eigenvalue weighted by molar-refractivity contribution is 5.83. The van der Waals surface area contributed by atoms with Gasteiger partial charge < -0.3 is 9.47 Å². The third kappa shape index (κ3) is 4.39. The Bertz CT molecular complexity index is 796. The summed E-state index contributed by atoms with van der Waals surface area (Å²) < 4.78 is 10.3. The lowest BCUT2D eigenvalue weighted by atomic mass is 9.61. The second kappa shape index (κ2) is 8.26. The molecule has 0 spiro atoms. The monoisotopic (exact) mass is 378 g/mol. The minimum atomic E-state index is -0.482. The molecule has 28 heavy (non-hydrogen) atoms. The van der Waals surface area contributed by atoms with Gasteiger partial charge in [-0.3, -0.25) is 0 Å².